The lowest BCUT2D eigenvalue weighted by Crippen LogP contribution is -2.12. The highest BCUT2D eigenvalue weighted by atomic mass is 14.9. The Balaban J connectivity index is 2.11. The Morgan fingerprint density at radius 3 is 2.62 bits per heavy atom. The fraction of sp³-hybridized carbons (Fsp3) is 0.308. The van der Waals surface area contributed by atoms with Crippen LogP contribution in [0, 0.1) is 0 Å². The zero-order valence-corrected chi connectivity index (χ0v) is 9.70. The van der Waals surface area contributed by atoms with Gasteiger partial charge in [0.25, 0.3) is 0 Å². The minimum atomic E-state index is 0.512. The van der Waals surface area contributed by atoms with Gasteiger partial charge in [0.2, 0.25) is 0 Å². The summed E-state index contributed by atoms with van der Waals surface area (Å²) in [6.45, 7) is 4.36. The molecule has 0 aliphatic heterocycles. The summed E-state index contributed by atoms with van der Waals surface area (Å²) in [6, 6.07) is 8.90. The van der Waals surface area contributed by atoms with E-state index in [-0.39, 0.29) is 0 Å². The molecular formula is C13H17N3. The summed E-state index contributed by atoms with van der Waals surface area (Å²) in [5, 5.41) is 3.44. The molecule has 0 bridgehead atoms. The summed E-state index contributed by atoms with van der Waals surface area (Å²) in [4.78, 5) is 7.10. The number of aromatic amines is 1. The standard InChI is InChI=1S/C13H17N3/c1-3-10(2)16-12-6-4-11(5-7-12)13-8-14-9-15-13/h4-10,16H,3H2,1-2H3,(H,14,15). The number of hydrogen-bond donors (Lipinski definition) is 2. The van der Waals surface area contributed by atoms with Crippen LogP contribution in [0.3, 0.4) is 0 Å². The van der Waals surface area contributed by atoms with Crippen molar-refractivity contribution in [3.63, 3.8) is 0 Å². The van der Waals surface area contributed by atoms with Gasteiger partial charge in [-0.25, -0.2) is 4.98 Å². The molecule has 84 valence electrons. The second-order valence-electron chi connectivity index (χ2n) is 4.00. The number of nitrogens with zero attached hydrogens (tertiary/aromatic N) is 1. The molecule has 2 N–H and O–H groups in total. The van der Waals surface area contributed by atoms with Crippen molar-refractivity contribution in [3.8, 4) is 11.3 Å². The van der Waals surface area contributed by atoms with E-state index in [0.29, 0.717) is 6.04 Å². The predicted molar refractivity (Wildman–Crippen MR) is 67.4 cm³/mol. The Bertz CT molecular complexity index is 417. The average Bonchev–Trinajstić information content (AvgIpc) is 2.83. The van der Waals surface area contributed by atoms with Crippen LogP contribution in [-0.2, 0) is 0 Å². The van der Waals surface area contributed by atoms with Crippen LogP contribution in [-0.4, -0.2) is 16.0 Å². The van der Waals surface area contributed by atoms with E-state index in [2.05, 4.69) is 53.4 Å². The van der Waals surface area contributed by atoms with Crippen molar-refractivity contribution in [1.82, 2.24) is 9.97 Å². The molecular weight excluding hydrogens is 198 g/mol. The summed E-state index contributed by atoms with van der Waals surface area (Å²) in [5.41, 5.74) is 3.37. The zero-order valence-electron chi connectivity index (χ0n) is 9.70. The van der Waals surface area contributed by atoms with Gasteiger partial charge in [-0.05, 0) is 31.0 Å². The number of anilines is 1. The molecule has 3 heteroatoms. The van der Waals surface area contributed by atoms with Gasteiger partial charge >= 0.3 is 0 Å². The van der Waals surface area contributed by atoms with E-state index in [1.54, 1.807) is 6.33 Å². The van der Waals surface area contributed by atoms with Crippen LogP contribution in [0.25, 0.3) is 11.3 Å². The van der Waals surface area contributed by atoms with Gasteiger partial charge in [-0.3, -0.25) is 0 Å². The van der Waals surface area contributed by atoms with Crippen LogP contribution in [0.15, 0.2) is 36.8 Å². The summed E-state index contributed by atoms with van der Waals surface area (Å²) in [5.74, 6) is 0. The number of aromatic nitrogens is 2. The molecule has 0 aliphatic rings. The predicted octanol–water partition coefficient (Wildman–Crippen LogP) is 3.29. The summed E-state index contributed by atoms with van der Waals surface area (Å²) in [6.07, 6.45) is 4.65. The van der Waals surface area contributed by atoms with Gasteiger partial charge < -0.3 is 10.3 Å². The first kappa shape index (κ1) is 10.7. The molecule has 2 aromatic rings. The smallest absolute Gasteiger partial charge is 0.0924 e. The van der Waals surface area contributed by atoms with Gasteiger partial charge in [0, 0.05) is 11.7 Å². The third kappa shape index (κ3) is 2.42. The van der Waals surface area contributed by atoms with Crippen LogP contribution in [0.2, 0.25) is 0 Å². The van der Waals surface area contributed by atoms with Crippen molar-refractivity contribution in [3.05, 3.63) is 36.8 Å². The van der Waals surface area contributed by atoms with Crippen LogP contribution in [0.5, 0.6) is 0 Å². The Labute approximate surface area is 95.9 Å². The normalized spacial score (nSPS) is 12.4. The van der Waals surface area contributed by atoms with Gasteiger partial charge in [0.1, 0.15) is 0 Å². The van der Waals surface area contributed by atoms with Crippen LogP contribution < -0.4 is 5.32 Å². The maximum Gasteiger partial charge on any atom is 0.0924 e. The zero-order chi connectivity index (χ0) is 11.4. The monoisotopic (exact) mass is 215 g/mol. The van der Waals surface area contributed by atoms with Crippen molar-refractivity contribution in [2.24, 2.45) is 0 Å². The highest BCUT2D eigenvalue weighted by Crippen LogP contribution is 2.19. The van der Waals surface area contributed by atoms with E-state index in [4.69, 9.17) is 0 Å². The molecule has 1 unspecified atom stereocenters. The van der Waals surface area contributed by atoms with Gasteiger partial charge in [-0.15, -0.1) is 0 Å². The van der Waals surface area contributed by atoms with Gasteiger partial charge in [0.05, 0.1) is 18.2 Å². The molecule has 0 radical (unpaired) electrons. The molecule has 0 spiro atoms. The largest absolute Gasteiger partial charge is 0.383 e. The number of rotatable bonds is 4. The van der Waals surface area contributed by atoms with Crippen molar-refractivity contribution in [2.45, 2.75) is 26.3 Å². The van der Waals surface area contributed by atoms with Gasteiger partial charge in [0.15, 0.2) is 0 Å². The fourth-order valence-electron chi connectivity index (χ4n) is 1.55. The lowest BCUT2D eigenvalue weighted by atomic mass is 10.1. The summed E-state index contributed by atoms with van der Waals surface area (Å²) in [7, 11) is 0. The lowest BCUT2D eigenvalue weighted by Gasteiger charge is -2.12. The molecule has 1 aromatic heterocycles. The number of hydrogen-bond acceptors (Lipinski definition) is 2. The van der Waals surface area contributed by atoms with Crippen LogP contribution in [0.4, 0.5) is 5.69 Å². The Morgan fingerprint density at radius 1 is 1.31 bits per heavy atom. The van der Waals surface area contributed by atoms with Crippen molar-refractivity contribution in [2.75, 3.05) is 5.32 Å². The third-order valence-electron chi connectivity index (χ3n) is 2.72. The molecule has 2 rings (SSSR count). The number of nitrogens with one attached hydrogen (secondary N) is 2. The fourth-order valence-corrected chi connectivity index (χ4v) is 1.55. The Hall–Kier alpha value is -1.77. The first-order chi connectivity index (χ1) is 7.79. The second kappa shape index (κ2) is 4.84. The molecule has 1 aromatic carbocycles. The van der Waals surface area contributed by atoms with E-state index >= 15 is 0 Å². The highest BCUT2D eigenvalue weighted by molar-refractivity contribution is 5.61. The highest BCUT2D eigenvalue weighted by Gasteiger charge is 2.00. The first-order valence-electron chi connectivity index (χ1n) is 5.65. The Kier molecular flexibility index (Phi) is 3.25. The number of benzene rings is 1. The number of imidazole rings is 1. The van der Waals surface area contributed by atoms with E-state index in [1.165, 1.54) is 0 Å². The SMILES string of the molecule is CCC(C)Nc1ccc(-c2cnc[nH]2)cc1. The minimum absolute atomic E-state index is 0.512. The quantitative estimate of drug-likeness (QED) is 0.821. The van der Waals surface area contributed by atoms with Crippen molar-refractivity contribution in [1.29, 1.82) is 0 Å². The molecule has 3 nitrogen and oxygen atoms in total. The maximum absolute atomic E-state index is 4.01. The topological polar surface area (TPSA) is 40.7 Å². The van der Waals surface area contributed by atoms with E-state index < -0.39 is 0 Å². The minimum Gasteiger partial charge on any atom is -0.383 e. The first-order valence-corrected chi connectivity index (χ1v) is 5.65. The third-order valence-corrected chi connectivity index (χ3v) is 2.72. The molecule has 1 heterocycles. The van der Waals surface area contributed by atoms with Gasteiger partial charge in [-0.2, -0.15) is 0 Å². The van der Waals surface area contributed by atoms with Crippen LogP contribution in [0.1, 0.15) is 20.3 Å². The summed E-state index contributed by atoms with van der Waals surface area (Å²) >= 11 is 0. The van der Waals surface area contributed by atoms with Gasteiger partial charge in [-0.1, -0.05) is 19.1 Å². The maximum atomic E-state index is 4.01. The van der Waals surface area contributed by atoms with Crippen molar-refractivity contribution < 1.29 is 0 Å². The molecule has 16 heavy (non-hydrogen) atoms. The number of H-pyrrole nitrogens is 1. The summed E-state index contributed by atoms with van der Waals surface area (Å²) < 4.78 is 0. The van der Waals surface area contributed by atoms with E-state index in [0.717, 1.165) is 23.4 Å². The average molecular weight is 215 g/mol. The van der Waals surface area contributed by atoms with Crippen molar-refractivity contribution >= 4 is 5.69 Å². The lowest BCUT2D eigenvalue weighted by molar-refractivity contribution is 0.764. The molecule has 0 saturated carbocycles. The molecule has 0 amide bonds. The Morgan fingerprint density at radius 2 is 2.06 bits per heavy atom. The van der Waals surface area contributed by atoms with Crippen LogP contribution >= 0.6 is 0 Å². The molecule has 0 saturated heterocycles. The van der Waals surface area contributed by atoms with E-state index in [1.807, 2.05) is 6.20 Å². The second-order valence-corrected chi connectivity index (χ2v) is 4.00. The molecule has 1 atom stereocenters. The molecule has 0 fully saturated rings. The molecule has 0 aliphatic carbocycles. The van der Waals surface area contributed by atoms with E-state index in [9.17, 15) is 0 Å².